The van der Waals surface area contributed by atoms with E-state index in [2.05, 4.69) is 39.0 Å². The highest BCUT2D eigenvalue weighted by atomic mass is 16.6. The molecule has 0 N–H and O–H groups in total. The van der Waals surface area contributed by atoms with Crippen molar-refractivity contribution >= 4 is 0 Å². The molecule has 1 saturated heterocycles. The van der Waals surface area contributed by atoms with E-state index in [0.29, 0.717) is 6.10 Å². The van der Waals surface area contributed by atoms with Crippen LogP contribution in [0, 0.1) is 0 Å². The first-order valence-corrected chi connectivity index (χ1v) is 6.29. The molecule has 1 unspecified atom stereocenters. The SMILES string of the molecule is COc1ccc(CCC2CO2)cc1C(C)(C)C. The molecule has 1 aliphatic rings. The number of hydrogen-bond acceptors (Lipinski definition) is 2. The third kappa shape index (κ3) is 3.22. The molecule has 1 aromatic rings. The van der Waals surface area contributed by atoms with Crippen LogP contribution in [0.1, 0.15) is 38.3 Å². The minimum absolute atomic E-state index is 0.122. The molecule has 1 atom stereocenters. The highest BCUT2D eigenvalue weighted by Crippen LogP contribution is 2.32. The maximum absolute atomic E-state index is 5.44. The average molecular weight is 234 g/mol. The van der Waals surface area contributed by atoms with Crippen molar-refractivity contribution in [3.63, 3.8) is 0 Å². The van der Waals surface area contributed by atoms with Gasteiger partial charge < -0.3 is 9.47 Å². The fourth-order valence-corrected chi connectivity index (χ4v) is 2.06. The molecular weight excluding hydrogens is 212 g/mol. The smallest absolute Gasteiger partial charge is 0.122 e. The quantitative estimate of drug-likeness (QED) is 0.745. The molecule has 0 amide bonds. The number of methoxy groups -OCH3 is 1. The predicted molar refractivity (Wildman–Crippen MR) is 69.8 cm³/mol. The van der Waals surface area contributed by atoms with E-state index in [1.165, 1.54) is 11.1 Å². The first-order valence-electron chi connectivity index (χ1n) is 6.29. The molecule has 0 bridgehead atoms. The molecule has 0 spiro atoms. The van der Waals surface area contributed by atoms with Gasteiger partial charge in [0.25, 0.3) is 0 Å². The maximum atomic E-state index is 5.44. The summed E-state index contributed by atoms with van der Waals surface area (Å²) in [6.07, 6.45) is 2.74. The summed E-state index contributed by atoms with van der Waals surface area (Å²) in [6.45, 7) is 7.61. The second kappa shape index (κ2) is 4.69. The molecule has 1 heterocycles. The van der Waals surface area contributed by atoms with Crippen molar-refractivity contribution in [2.75, 3.05) is 13.7 Å². The first kappa shape index (κ1) is 12.4. The summed E-state index contributed by atoms with van der Waals surface area (Å²) in [5.74, 6) is 0.990. The lowest BCUT2D eigenvalue weighted by Gasteiger charge is -2.23. The number of ether oxygens (including phenoxy) is 2. The largest absolute Gasteiger partial charge is 0.496 e. The molecule has 0 aliphatic carbocycles. The normalized spacial score (nSPS) is 19.2. The van der Waals surface area contributed by atoms with Crippen molar-refractivity contribution in [2.24, 2.45) is 0 Å². The van der Waals surface area contributed by atoms with Crippen molar-refractivity contribution in [1.82, 2.24) is 0 Å². The Morgan fingerprint density at radius 2 is 2.06 bits per heavy atom. The Morgan fingerprint density at radius 3 is 2.59 bits per heavy atom. The number of benzene rings is 1. The van der Waals surface area contributed by atoms with Gasteiger partial charge in [-0.15, -0.1) is 0 Å². The molecule has 2 nitrogen and oxygen atoms in total. The van der Waals surface area contributed by atoms with Crippen molar-refractivity contribution in [3.05, 3.63) is 29.3 Å². The molecule has 94 valence electrons. The van der Waals surface area contributed by atoms with Crippen molar-refractivity contribution in [1.29, 1.82) is 0 Å². The molecular formula is C15H22O2. The van der Waals surface area contributed by atoms with Crippen LogP contribution < -0.4 is 4.74 Å². The van der Waals surface area contributed by atoms with Gasteiger partial charge in [0.05, 0.1) is 19.8 Å². The van der Waals surface area contributed by atoms with Crippen LogP contribution in [-0.2, 0) is 16.6 Å². The fraction of sp³-hybridized carbons (Fsp3) is 0.600. The summed E-state index contributed by atoms with van der Waals surface area (Å²) in [6, 6.07) is 6.53. The van der Waals surface area contributed by atoms with Crippen LogP contribution in [0.2, 0.25) is 0 Å². The summed E-state index contributed by atoms with van der Waals surface area (Å²) in [7, 11) is 1.74. The monoisotopic (exact) mass is 234 g/mol. The molecule has 1 aliphatic heterocycles. The minimum Gasteiger partial charge on any atom is -0.496 e. The molecule has 17 heavy (non-hydrogen) atoms. The number of aryl methyl sites for hydroxylation is 1. The summed E-state index contributed by atoms with van der Waals surface area (Å²) < 4.78 is 10.7. The van der Waals surface area contributed by atoms with Gasteiger partial charge in [0.15, 0.2) is 0 Å². The van der Waals surface area contributed by atoms with Gasteiger partial charge in [-0.05, 0) is 35.4 Å². The number of rotatable bonds is 4. The van der Waals surface area contributed by atoms with E-state index in [0.717, 1.165) is 25.2 Å². The number of hydrogen-bond donors (Lipinski definition) is 0. The van der Waals surface area contributed by atoms with E-state index in [-0.39, 0.29) is 5.41 Å². The van der Waals surface area contributed by atoms with E-state index in [1.54, 1.807) is 7.11 Å². The van der Waals surface area contributed by atoms with Gasteiger partial charge in [-0.2, -0.15) is 0 Å². The molecule has 2 rings (SSSR count). The third-order valence-corrected chi connectivity index (χ3v) is 3.23. The summed E-state index contributed by atoms with van der Waals surface area (Å²) >= 11 is 0. The van der Waals surface area contributed by atoms with Crippen LogP contribution in [-0.4, -0.2) is 19.8 Å². The van der Waals surface area contributed by atoms with Gasteiger partial charge >= 0.3 is 0 Å². The van der Waals surface area contributed by atoms with Crippen molar-refractivity contribution in [2.45, 2.75) is 45.1 Å². The summed E-state index contributed by atoms with van der Waals surface area (Å²) in [4.78, 5) is 0. The van der Waals surface area contributed by atoms with Gasteiger partial charge in [0, 0.05) is 0 Å². The van der Waals surface area contributed by atoms with Crippen molar-refractivity contribution in [3.8, 4) is 5.75 Å². The summed E-state index contributed by atoms with van der Waals surface area (Å²) in [5, 5.41) is 0. The van der Waals surface area contributed by atoms with Crippen LogP contribution in [0.3, 0.4) is 0 Å². The van der Waals surface area contributed by atoms with Crippen LogP contribution >= 0.6 is 0 Å². The van der Waals surface area contributed by atoms with Gasteiger partial charge in [0.1, 0.15) is 5.75 Å². The topological polar surface area (TPSA) is 21.8 Å². The molecule has 0 saturated carbocycles. The van der Waals surface area contributed by atoms with Crippen LogP contribution in [0.25, 0.3) is 0 Å². The molecule has 0 radical (unpaired) electrons. The van der Waals surface area contributed by atoms with E-state index in [4.69, 9.17) is 9.47 Å². The highest BCUT2D eigenvalue weighted by molar-refractivity contribution is 5.41. The summed E-state index contributed by atoms with van der Waals surface area (Å²) in [5.41, 5.74) is 2.79. The minimum atomic E-state index is 0.122. The Kier molecular flexibility index (Phi) is 3.43. The van der Waals surface area contributed by atoms with E-state index < -0.39 is 0 Å². The lowest BCUT2D eigenvalue weighted by atomic mass is 9.85. The Bertz CT molecular complexity index is 386. The number of epoxide rings is 1. The second-order valence-electron chi connectivity index (χ2n) is 5.78. The van der Waals surface area contributed by atoms with Gasteiger partial charge in [0.2, 0.25) is 0 Å². The zero-order valence-electron chi connectivity index (χ0n) is 11.2. The molecule has 1 fully saturated rings. The van der Waals surface area contributed by atoms with Crippen LogP contribution in [0.4, 0.5) is 0 Å². The molecule has 0 aromatic heterocycles. The Balaban J connectivity index is 2.17. The zero-order valence-corrected chi connectivity index (χ0v) is 11.2. The second-order valence-corrected chi connectivity index (χ2v) is 5.78. The van der Waals surface area contributed by atoms with Gasteiger partial charge in [-0.1, -0.05) is 32.9 Å². The van der Waals surface area contributed by atoms with Crippen LogP contribution in [0.5, 0.6) is 5.75 Å². The lowest BCUT2D eigenvalue weighted by Crippen LogP contribution is -2.13. The zero-order chi connectivity index (χ0) is 12.5. The van der Waals surface area contributed by atoms with Gasteiger partial charge in [-0.3, -0.25) is 0 Å². The Labute approximate surface area is 104 Å². The average Bonchev–Trinajstić information content (AvgIpc) is 3.08. The van der Waals surface area contributed by atoms with Gasteiger partial charge in [-0.25, -0.2) is 0 Å². The van der Waals surface area contributed by atoms with Crippen molar-refractivity contribution < 1.29 is 9.47 Å². The first-order chi connectivity index (χ1) is 8.00. The lowest BCUT2D eigenvalue weighted by molar-refractivity contribution is 0.394. The molecule has 2 heteroatoms. The Hall–Kier alpha value is -1.02. The predicted octanol–water partition coefficient (Wildman–Crippen LogP) is 3.32. The third-order valence-electron chi connectivity index (χ3n) is 3.23. The van der Waals surface area contributed by atoms with E-state index in [1.807, 2.05) is 0 Å². The molecule has 1 aromatic carbocycles. The van der Waals surface area contributed by atoms with E-state index in [9.17, 15) is 0 Å². The fourth-order valence-electron chi connectivity index (χ4n) is 2.06. The standard InChI is InChI=1S/C15H22O2/c1-15(2,3)13-9-11(5-7-12-10-17-12)6-8-14(13)16-4/h6,8-9,12H,5,7,10H2,1-4H3. The van der Waals surface area contributed by atoms with Crippen LogP contribution in [0.15, 0.2) is 18.2 Å². The Morgan fingerprint density at radius 1 is 1.35 bits per heavy atom. The highest BCUT2D eigenvalue weighted by Gasteiger charge is 2.23. The maximum Gasteiger partial charge on any atom is 0.122 e. The van der Waals surface area contributed by atoms with E-state index >= 15 is 0 Å².